The third-order valence-corrected chi connectivity index (χ3v) is 8.22. The van der Waals surface area contributed by atoms with Gasteiger partial charge in [0.05, 0.1) is 25.4 Å². The van der Waals surface area contributed by atoms with E-state index >= 15 is 0 Å². The number of nitrogens with one attached hydrogen (secondary N) is 2. The van der Waals surface area contributed by atoms with Crippen LogP contribution in [0.5, 0.6) is 0 Å². The summed E-state index contributed by atoms with van der Waals surface area (Å²) in [6.45, 7) is 0.912. The maximum atomic E-state index is 12.6. The number of ether oxygens (including phenoxy) is 4. The summed E-state index contributed by atoms with van der Waals surface area (Å²) >= 11 is 0. The second-order valence-corrected chi connectivity index (χ2v) is 11.5. The molecule has 246 valence electrons. The molecule has 3 fully saturated rings. The van der Waals surface area contributed by atoms with Gasteiger partial charge in [-0.15, -0.1) is 0 Å². The van der Waals surface area contributed by atoms with Crippen molar-refractivity contribution < 1.29 is 64.6 Å². The predicted molar refractivity (Wildman–Crippen MR) is 142 cm³/mol. The quantitative estimate of drug-likeness (QED) is 0.0860. The van der Waals surface area contributed by atoms with E-state index in [1.807, 2.05) is 0 Å². The van der Waals surface area contributed by atoms with E-state index in [9.17, 15) is 40.5 Å². The molecule has 15 atom stereocenters. The molecule has 1 unspecified atom stereocenters. The van der Waals surface area contributed by atoms with Gasteiger partial charge in [0.15, 0.2) is 18.4 Å². The van der Waals surface area contributed by atoms with Gasteiger partial charge in [0.25, 0.3) is 0 Å². The molecule has 2 aliphatic heterocycles. The molecule has 3 aliphatic rings. The van der Waals surface area contributed by atoms with Crippen molar-refractivity contribution in [2.75, 3.05) is 39.9 Å². The fraction of sp³-hybridized carbons (Fsp3) is 0.960. The van der Waals surface area contributed by atoms with Gasteiger partial charge in [-0.05, 0) is 26.3 Å². The molecular formula is C25H48N4O13. The van der Waals surface area contributed by atoms with E-state index in [1.165, 1.54) is 14.0 Å². The fourth-order valence-corrected chi connectivity index (χ4v) is 5.83. The van der Waals surface area contributed by atoms with Gasteiger partial charge in [0.1, 0.15) is 54.4 Å². The molecule has 0 radical (unpaired) electrons. The normalized spacial score (nSPS) is 45.5. The second kappa shape index (κ2) is 15.3. The number of hydrogen-bond donors (Lipinski definition) is 12. The molecular weight excluding hydrogens is 564 g/mol. The van der Waals surface area contributed by atoms with Crippen LogP contribution in [0, 0.1) is 5.92 Å². The minimum atomic E-state index is -1.73. The zero-order chi connectivity index (χ0) is 31.4. The number of Topliss-reactive ketones (excluding diaryl/α,β-unsaturated/α-hetero) is 1. The summed E-state index contributed by atoms with van der Waals surface area (Å²) in [5, 5.41) is 88.9. The standard InChI is InChI=1S/C25H48N4O13/c1-25(38)9-39-23(19(37)22(25)28-2)41-20-10(6-12(31)13(32)7-26)5-11(27)21(18(20)36)42-24-17(35)16(34)15(33)14(40-24)8-29-3-4-30/h10-11,13-24,28-30,32-38H,3-9,26-27H2,1-2H3/t10-,11-,13-,14+,15+,16-,17+,18+,19+,20-,21?,22+,23+,24+,25-/m0/s1. The van der Waals surface area contributed by atoms with E-state index in [-0.39, 0.29) is 45.7 Å². The van der Waals surface area contributed by atoms with Crippen molar-refractivity contribution >= 4 is 5.78 Å². The van der Waals surface area contributed by atoms with Gasteiger partial charge in [-0.1, -0.05) is 0 Å². The smallest absolute Gasteiger partial charge is 0.187 e. The third-order valence-electron chi connectivity index (χ3n) is 8.22. The second-order valence-electron chi connectivity index (χ2n) is 11.5. The number of nitrogens with two attached hydrogens (primary N) is 2. The maximum absolute atomic E-state index is 12.6. The number of aliphatic hydroxyl groups excluding tert-OH is 7. The molecule has 0 aromatic carbocycles. The molecule has 1 aliphatic carbocycles. The van der Waals surface area contributed by atoms with Crippen molar-refractivity contribution in [3.05, 3.63) is 0 Å². The Morgan fingerprint density at radius 3 is 2.33 bits per heavy atom. The molecule has 2 saturated heterocycles. The van der Waals surface area contributed by atoms with Crippen molar-refractivity contribution in [2.45, 2.75) is 105 Å². The fourth-order valence-electron chi connectivity index (χ4n) is 5.83. The van der Waals surface area contributed by atoms with Gasteiger partial charge >= 0.3 is 0 Å². The highest BCUT2D eigenvalue weighted by atomic mass is 16.7. The van der Waals surface area contributed by atoms with Gasteiger partial charge in [-0.25, -0.2) is 0 Å². The molecule has 42 heavy (non-hydrogen) atoms. The first-order valence-electron chi connectivity index (χ1n) is 14.1. The Morgan fingerprint density at radius 2 is 1.71 bits per heavy atom. The lowest BCUT2D eigenvalue weighted by Crippen LogP contribution is -2.67. The monoisotopic (exact) mass is 612 g/mol. The number of carbonyl (C=O) groups is 1. The Kier molecular flexibility index (Phi) is 13.0. The van der Waals surface area contributed by atoms with Crippen LogP contribution in [0.4, 0.5) is 0 Å². The lowest BCUT2D eigenvalue weighted by atomic mass is 9.76. The number of hydrogen-bond acceptors (Lipinski definition) is 17. The molecule has 3 rings (SSSR count). The third kappa shape index (κ3) is 7.99. The van der Waals surface area contributed by atoms with E-state index in [2.05, 4.69) is 10.6 Å². The Labute approximate surface area is 243 Å². The van der Waals surface area contributed by atoms with Crippen LogP contribution in [0.15, 0.2) is 0 Å². The topological polar surface area (TPSA) is 292 Å². The van der Waals surface area contributed by atoms with Crippen LogP contribution in [0.1, 0.15) is 19.8 Å². The van der Waals surface area contributed by atoms with E-state index in [0.29, 0.717) is 0 Å². The Hall–Kier alpha value is -0.970. The van der Waals surface area contributed by atoms with Crippen molar-refractivity contribution in [3.63, 3.8) is 0 Å². The highest BCUT2D eigenvalue weighted by Gasteiger charge is 2.53. The summed E-state index contributed by atoms with van der Waals surface area (Å²) in [5.41, 5.74) is 10.3. The van der Waals surface area contributed by atoms with E-state index in [4.69, 9.17) is 35.5 Å². The van der Waals surface area contributed by atoms with Crippen LogP contribution in [0.2, 0.25) is 0 Å². The molecule has 1 saturated carbocycles. The van der Waals surface area contributed by atoms with Crippen molar-refractivity contribution in [3.8, 4) is 0 Å². The summed E-state index contributed by atoms with van der Waals surface area (Å²) in [6.07, 6.45) is -16.1. The SMILES string of the molecule is CN[C@@H]1[C@@H](O)[C@@H](O[C@H]2[C@H](CC(=O)[C@@H](O)CN)C[C@H](N)C(O[C@H]3O[C@H](CNCCO)[C@@H](O)[C@H](O)[C@H]3O)[C@@H]2O)OC[C@]1(C)O. The molecule has 0 amide bonds. The largest absolute Gasteiger partial charge is 0.395 e. The van der Waals surface area contributed by atoms with Gasteiger partial charge in [-0.3, -0.25) is 4.79 Å². The molecule has 14 N–H and O–H groups in total. The first-order chi connectivity index (χ1) is 19.8. The summed E-state index contributed by atoms with van der Waals surface area (Å²) in [6, 6.07) is -1.83. The lowest BCUT2D eigenvalue weighted by molar-refractivity contribution is -0.333. The van der Waals surface area contributed by atoms with Crippen molar-refractivity contribution in [1.82, 2.24) is 10.6 Å². The zero-order valence-corrected chi connectivity index (χ0v) is 23.8. The number of aliphatic hydroxyl groups is 8. The first kappa shape index (κ1) is 35.5. The molecule has 0 bridgehead atoms. The van der Waals surface area contributed by atoms with E-state index in [1.54, 1.807) is 0 Å². The summed E-state index contributed by atoms with van der Waals surface area (Å²) in [4.78, 5) is 12.6. The van der Waals surface area contributed by atoms with E-state index in [0.717, 1.165) is 0 Å². The number of likely N-dealkylation sites (N-methyl/N-ethyl adjacent to an activating group) is 1. The Morgan fingerprint density at radius 1 is 1.05 bits per heavy atom. The molecule has 17 nitrogen and oxygen atoms in total. The lowest BCUT2D eigenvalue weighted by Gasteiger charge is -2.49. The van der Waals surface area contributed by atoms with Crippen LogP contribution in [-0.2, 0) is 23.7 Å². The van der Waals surface area contributed by atoms with Crippen LogP contribution < -0.4 is 22.1 Å². The van der Waals surface area contributed by atoms with Gasteiger partial charge < -0.3 is 81.9 Å². The highest BCUT2D eigenvalue weighted by molar-refractivity contribution is 5.83. The summed E-state index contributed by atoms with van der Waals surface area (Å²) in [7, 11) is 1.53. The van der Waals surface area contributed by atoms with Crippen LogP contribution in [0.25, 0.3) is 0 Å². The van der Waals surface area contributed by atoms with Gasteiger partial charge in [0, 0.05) is 32.1 Å². The minimum absolute atomic E-state index is 0.00263. The van der Waals surface area contributed by atoms with E-state index < -0.39 is 96.9 Å². The van der Waals surface area contributed by atoms with Gasteiger partial charge in [0.2, 0.25) is 0 Å². The minimum Gasteiger partial charge on any atom is -0.395 e. The Bertz CT molecular complexity index is 859. The van der Waals surface area contributed by atoms with Crippen molar-refractivity contribution in [2.24, 2.45) is 17.4 Å². The highest BCUT2D eigenvalue weighted by Crippen LogP contribution is 2.36. The summed E-state index contributed by atoms with van der Waals surface area (Å²) in [5.74, 6) is -1.41. The molecule has 17 heteroatoms. The van der Waals surface area contributed by atoms with Gasteiger partial charge in [-0.2, -0.15) is 0 Å². The number of ketones is 1. The number of carbonyl (C=O) groups excluding carboxylic acids is 1. The zero-order valence-electron chi connectivity index (χ0n) is 23.8. The van der Waals surface area contributed by atoms with Crippen LogP contribution >= 0.6 is 0 Å². The average Bonchev–Trinajstić information content (AvgIpc) is 2.94. The van der Waals surface area contributed by atoms with Crippen molar-refractivity contribution in [1.29, 1.82) is 0 Å². The van der Waals surface area contributed by atoms with Crippen LogP contribution in [-0.4, -0.2) is 172 Å². The first-order valence-corrected chi connectivity index (χ1v) is 14.1. The molecule has 0 aromatic heterocycles. The Balaban J connectivity index is 1.82. The number of rotatable bonds is 13. The summed E-state index contributed by atoms with van der Waals surface area (Å²) < 4.78 is 23.2. The molecule has 0 spiro atoms. The molecule has 2 heterocycles. The maximum Gasteiger partial charge on any atom is 0.187 e. The molecule has 0 aromatic rings. The average molecular weight is 613 g/mol. The van der Waals surface area contributed by atoms with Crippen LogP contribution in [0.3, 0.4) is 0 Å². The predicted octanol–water partition coefficient (Wildman–Crippen LogP) is -6.81.